The number of alkyl halides is 3. The molecule has 3 N–H and O–H groups in total. The van der Waals surface area contributed by atoms with Gasteiger partial charge in [0.1, 0.15) is 0 Å². The van der Waals surface area contributed by atoms with Crippen molar-refractivity contribution < 1.29 is 13.2 Å². The fourth-order valence-corrected chi connectivity index (χ4v) is 3.51. The van der Waals surface area contributed by atoms with Crippen LogP contribution in [0, 0.1) is 0 Å². The van der Waals surface area contributed by atoms with Crippen molar-refractivity contribution in [3.63, 3.8) is 0 Å². The van der Waals surface area contributed by atoms with Gasteiger partial charge in [0, 0.05) is 30.7 Å². The maximum Gasteiger partial charge on any atom is 0.401 e. The summed E-state index contributed by atoms with van der Waals surface area (Å²) >= 11 is 5.86. The number of nitrogens with two attached hydrogens (primary N) is 1. The SMILES string of the molecule is Cl.Nc1nc(N2CCC(N(CCc3ccc(Cl)cc3)CC(F)(F)F)CC2)n[nH]1. The van der Waals surface area contributed by atoms with Gasteiger partial charge in [0.05, 0.1) is 6.54 Å². The Balaban J connectivity index is 0.00000280. The highest BCUT2D eigenvalue weighted by atomic mass is 35.5. The Labute approximate surface area is 172 Å². The molecule has 2 aromatic rings. The van der Waals surface area contributed by atoms with Crippen LogP contribution in [0.5, 0.6) is 0 Å². The van der Waals surface area contributed by atoms with Crippen molar-refractivity contribution in [1.82, 2.24) is 20.1 Å². The van der Waals surface area contributed by atoms with Crippen molar-refractivity contribution in [2.24, 2.45) is 0 Å². The number of halogens is 5. The molecule has 1 fully saturated rings. The number of rotatable bonds is 6. The second-order valence-corrected chi connectivity index (χ2v) is 7.14. The van der Waals surface area contributed by atoms with Crippen LogP contribution >= 0.6 is 24.0 Å². The third kappa shape index (κ3) is 6.42. The minimum Gasteiger partial charge on any atom is -0.368 e. The molecule has 28 heavy (non-hydrogen) atoms. The summed E-state index contributed by atoms with van der Waals surface area (Å²) in [5, 5.41) is 7.21. The molecular weight excluding hydrogens is 416 g/mol. The van der Waals surface area contributed by atoms with E-state index in [1.165, 1.54) is 4.90 Å². The molecule has 6 nitrogen and oxygen atoms in total. The van der Waals surface area contributed by atoms with Gasteiger partial charge in [-0.2, -0.15) is 18.2 Å². The Hall–Kier alpha value is -1.71. The summed E-state index contributed by atoms with van der Waals surface area (Å²) in [6.45, 7) is 0.632. The number of nitrogens with zero attached hydrogens (tertiary/aromatic N) is 4. The largest absolute Gasteiger partial charge is 0.401 e. The predicted molar refractivity (Wildman–Crippen MR) is 106 cm³/mol. The fourth-order valence-electron chi connectivity index (χ4n) is 3.38. The zero-order chi connectivity index (χ0) is 19.4. The standard InChI is InChI=1S/C17H22ClF3N6.ClH/c18-13-3-1-12(2-4-13)5-8-27(11-17(19,20)21)14-6-9-26(10-7-14)16-23-15(22)24-25-16;/h1-4,14H,5-11H2,(H3,22,23,24,25);1H. The van der Waals surface area contributed by atoms with Crippen LogP contribution in [0.25, 0.3) is 0 Å². The summed E-state index contributed by atoms with van der Waals surface area (Å²) in [5.74, 6) is 0.725. The molecule has 1 saturated heterocycles. The maximum atomic E-state index is 13.1. The second kappa shape index (κ2) is 9.67. The highest BCUT2D eigenvalue weighted by Crippen LogP contribution is 2.25. The van der Waals surface area contributed by atoms with Gasteiger partial charge < -0.3 is 10.6 Å². The fraction of sp³-hybridized carbons (Fsp3) is 0.529. The normalized spacial score (nSPS) is 15.7. The van der Waals surface area contributed by atoms with E-state index in [1.807, 2.05) is 17.0 Å². The summed E-state index contributed by atoms with van der Waals surface area (Å²) in [5.41, 5.74) is 6.51. The summed E-state index contributed by atoms with van der Waals surface area (Å²) in [6.07, 6.45) is -2.45. The van der Waals surface area contributed by atoms with E-state index in [9.17, 15) is 13.2 Å². The minimum atomic E-state index is -4.23. The second-order valence-electron chi connectivity index (χ2n) is 6.70. The van der Waals surface area contributed by atoms with Crippen molar-refractivity contribution >= 4 is 35.9 Å². The number of anilines is 2. The highest BCUT2D eigenvalue weighted by molar-refractivity contribution is 6.30. The van der Waals surface area contributed by atoms with Crippen molar-refractivity contribution in [3.8, 4) is 0 Å². The van der Waals surface area contributed by atoms with Gasteiger partial charge in [-0.15, -0.1) is 17.5 Å². The van der Waals surface area contributed by atoms with Gasteiger partial charge >= 0.3 is 6.18 Å². The molecule has 0 atom stereocenters. The molecule has 0 radical (unpaired) electrons. The number of benzene rings is 1. The Bertz CT molecular complexity index is 729. The van der Waals surface area contributed by atoms with E-state index in [0.29, 0.717) is 49.9 Å². The zero-order valence-electron chi connectivity index (χ0n) is 15.1. The maximum absolute atomic E-state index is 13.1. The number of nitrogens with one attached hydrogen (secondary N) is 1. The quantitative estimate of drug-likeness (QED) is 0.721. The first-order chi connectivity index (χ1) is 12.8. The van der Waals surface area contributed by atoms with Crippen molar-refractivity contribution in [2.75, 3.05) is 36.8 Å². The molecule has 2 heterocycles. The molecule has 0 spiro atoms. The number of piperidine rings is 1. The predicted octanol–water partition coefficient (Wildman–Crippen LogP) is 3.54. The molecule has 0 bridgehead atoms. The Kier molecular flexibility index (Phi) is 7.79. The van der Waals surface area contributed by atoms with Gasteiger partial charge in [0.2, 0.25) is 11.9 Å². The lowest BCUT2D eigenvalue weighted by atomic mass is 10.0. The lowest BCUT2D eigenvalue weighted by molar-refractivity contribution is -0.151. The van der Waals surface area contributed by atoms with E-state index in [1.54, 1.807) is 12.1 Å². The number of H-pyrrole nitrogens is 1. The number of hydrogen-bond donors (Lipinski definition) is 2. The molecule has 1 aromatic heterocycles. The topological polar surface area (TPSA) is 74.1 Å². The lowest BCUT2D eigenvalue weighted by Gasteiger charge is -2.38. The monoisotopic (exact) mass is 438 g/mol. The van der Waals surface area contributed by atoms with Gasteiger partial charge in [-0.25, -0.2) is 5.10 Å². The number of aromatic amines is 1. The van der Waals surface area contributed by atoms with Crippen molar-refractivity contribution in [3.05, 3.63) is 34.9 Å². The molecule has 156 valence electrons. The molecule has 0 aliphatic carbocycles. The summed E-state index contributed by atoms with van der Waals surface area (Å²) in [4.78, 5) is 7.56. The van der Waals surface area contributed by atoms with Crippen LogP contribution in [-0.4, -0.2) is 58.5 Å². The highest BCUT2D eigenvalue weighted by Gasteiger charge is 2.35. The molecule has 1 aliphatic rings. The Morgan fingerprint density at radius 1 is 1.21 bits per heavy atom. The van der Waals surface area contributed by atoms with Crippen LogP contribution < -0.4 is 10.6 Å². The summed E-state index contributed by atoms with van der Waals surface area (Å²) in [7, 11) is 0. The average molecular weight is 439 g/mol. The van der Waals surface area contributed by atoms with Crippen LogP contribution in [0.1, 0.15) is 18.4 Å². The first-order valence-corrected chi connectivity index (χ1v) is 9.16. The third-order valence-corrected chi connectivity index (χ3v) is 4.99. The van der Waals surface area contributed by atoms with E-state index >= 15 is 0 Å². The first-order valence-electron chi connectivity index (χ1n) is 8.78. The molecule has 11 heteroatoms. The first kappa shape index (κ1) is 22.6. The van der Waals surface area contributed by atoms with Gasteiger partial charge in [0.25, 0.3) is 0 Å². The molecule has 0 unspecified atom stereocenters. The van der Waals surface area contributed by atoms with Crippen molar-refractivity contribution in [1.29, 1.82) is 0 Å². The third-order valence-electron chi connectivity index (χ3n) is 4.74. The molecule has 0 saturated carbocycles. The van der Waals surface area contributed by atoms with Gasteiger partial charge in [-0.3, -0.25) is 4.90 Å². The number of nitrogen functional groups attached to an aromatic ring is 1. The van der Waals surface area contributed by atoms with Crippen LogP contribution in [0.4, 0.5) is 25.1 Å². The van der Waals surface area contributed by atoms with E-state index in [0.717, 1.165) is 5.56 Å². The minimum absolute atomic E-state index is 0. The van der Waals surface area contributed by atoms with Crippen LogP contribution in [-0.2, 0) is 6.42 Å². The van der Waals surface area contributed by atoms with E-state index in [-0.39, 0.29) is 24.4 Å². The Morgan fingerprint density at radius 3 is 2.39 bits per heavy atom. The van der Waals surface area contributed by atoms with Gasteiger partial charge in [0.15, 0.2) is 0 Å². The van der Waals surface area contributed by atoms with Gasteiger partial charge in [-0.1, -0.05) is 23.7 Å². The van der Waals surface area contributed by atoms with Crippen molar-refractivity contribution in [2.45, 2.75) is 31.5 Å². The summed E-state index contributed by atoms with van der Waals surface area (Å²) < 4.78 is 39.2. The van der Waals surface area contributed by atoms with E-state index in [4.69, 9.17) is 17.3 Å². The molecular formula is C17H23Cl2F3N6. The molecule has 1 aliphatic heterocycles. The molecule has 3 rings (SSSR count). The van der Waals surface area contributed by atoms with E-state index < -0.39 is 12.7 Å². The van der Waals surface area contributed by atoms with Gasteiger partial charge in [-0.05, 0) is 37.0 Å². The lowest BCUT2D eigenvalue weighted by Crippen LogP contribution is -2.49. The van der Waals surface area contributed by atoms with E-state index in [2.05, 4.69) is 15.2 Å². The Morgan fingerprint density at radius 2 is 1.86 bits per heavy atom. The average Bonchev–Trinajstić information content (AvgIpc) is 3.06. The number of aromatic nitrogens is 3. The van der Waals surface area contributed by atoms with Crippen LogP contribution in [0.15, 0.2) is 24.3 Å². The summed E-state index contributed by atoms with van der Waals surface area (Å²) in [6, 6.07) is 7.08. The van der Waals surface area contributed by atoms with Crippen LogP contribution in [0.2, 0.25) is 5.02 Å². The molecule has 0 amide bonds. The number of hydrogen-bond acceptors (Lipinski definition) is 5. The molecule has 1 aromatic carbocycles. The zero-order valence-corrected chi connectivity index (χ0v) is 16.7. The van der Waals surface area contributed by atoms with Crippen LogP contribution in [0.3, 0.4) is 0 Å². The smallest absolute Gasteiger partial charge is 0.368 e.